The van der Waals surface area contributed by atoms with E-state index in [1.54, 1.807) is 11.3 Å². The Morgan fingerprint density at radius 1 is 1.32 bits per heavy atom. The largest absolute Gasteiger partial charge is 0.384 e. The number of benzene rings is 1. The zero-order valence-electron chi connectivity index (χ0n) is 10.7. The minimum absolute atomic E-state index is 0.106. The van der Waals surface area contributed by atoms with Gasteiger partial charge in [0, 0.05) is 23.5 Å². The van der Waals surface area contributed by atoms with E-state index < -0.39 is 0 Å². The fraction of sp³-hybridized carbons (Fsp3) is 0.214. The molecule has 0 spiro atoms. The zero-order valence-corrected chi connectivity index (χ0v) is 12.3. The standard InChI is InChI=1S/C14H16ClN3S/c1-18(9-12-5-6-13(15)19-12)8-10-3-2-4-11(7-10)14(16)17/h2-7H,8-9H2,1H3,(H3,16,17). The Bertz CT molecular complexity index is 580. The van der Waals surface area contributed by atoms with E-state index in [-0.39, 0.29) is 5.84 Å². The Balaban J connectivity index is 2.00. The van der Waals surface area contributed by atoms with Crippen LogP contribution < -0.4 is 5.73 Å². The highest BCUT2D eigenvalue weighted by molar-refractivity contribution is 7.16. The normalized spacial score (nSPS) is 10.9. The molecule has 0 aliphatic heterocycles. The SMILES string of the molecule is CN(Cc1cccc(C(=N)N)c1)Cc1ccc(Cl)s1. The smallest absolute Gasteiger partial charge is 0.122 e. The summed E-state index contributed by atoms with van der Waals surface area (Å²) in [5.74, 6) is 0.106. The molecule has 5 heteroatoms. The highest BCUT2D eigenvalue weighted by Crippen LogP contribution is 2.22. The maximum atomic E-state index is 7.45. The molecule has 0 bridgehead atoms. The van der Waals surface area contributed by atoms with Crippen LogP contribution in [0.3, 0.4) is 0 Å². The van der Waals surface area contributed by atoms with Crippen LogP contribution in [-0.4, -0.2) is 17.8 Å². The summed E-state index contributed by atoms with van der Waals surface area (Å²) in [6, 6.07) is 11.8. The molecule has 2 aromatic rings. The van der Waals surface area contributed by atoms with Crippen molar-refractivity contribution >= 4 is 28.8 Å². The number of nitrogens with one attached hydrogen (secondary N) is 1. The fourth-order valence-corrected chi connectivity index (χ4v) is 3.08. The fourth-order valence-electron chi connectivity index (χ4n) is 1.91. The number of nitrogens with zero attached hydrogens (tertiary/aromatic N) is 1. The molecule has 19 heavy (non-hydrogen) atoms. The van der Waals surface area contributed by atoms with Crippen molar-refractivity contribution in [2.45, 2.75) is 13.1 Å². The lowest BCUT2D eigenvalue weighted by atomic mass is 10.1. The van der Waals surface area contributed by atoms with Crippen molar-refractivity contribution in [1.29, 1.82) is 5.41 Å². The van der Waals surface area contributed by atoms with Gasteiger partial charge in [-0.3, -0.25) is 10.3 Å². The molecule has 1 heterocycles. The molecule has 0 saturated heterocycles. The summed E-state index contributed by atoms with van der Waals surface area (Å²) >= 11 is 7.53. The first-order valence-electron chi connectivity index (χ1n) is 5.90. The van der Waals surface area contributed by atoms with Crippen LogP contribution in [0.5, 0.6) is 0 Å². The van der Waals surface area contributed by atoms with Gasteiger partial charge in [-0.25, -0.2) is 0 Å². The first-order valence-corrected chi connectivity index (χ1v) is 7.10. The predicted molar refractivity (Wildman–Crippen MR) is 82.0 cm³/mol. The van der Waals surface area contributed by atoms with Gasteiger partial charge in [-0.2, -0.15) is 0 Å². The third-order valence-corrected chi connectivity index (χ3v) is 3.96. The minimum Gasteiger partial charge on any atom is -0.384 e. The van der Waals surface area contributed by atoms with E-state index in [0.29, 0.717) is 0 Å². The van der Waals surface area contributed by atoms with E-state index in [2.05, 4.69) is 18.0 Å². The van der Waals surface area contributed by atoms with Crippen LogP contribution in [0, 0.1) is 5.41 Å². The van der Waals surface area contributed by atoms with Gasteiger partial charge < -0.3 is 5.73 Å². The molecule has 0 atom stereocenters. The van der Waals surface area contributed by atoms with Gasteiger partial charge in [0.15, 0.2) is 0 Å². The maximum absolute atomic E-state index is 7.45. The zero-order chi connectivity index (χ0) is 13.8. The first-order chi connectivity index (χ1) is 9.04. The Labute approximate surface area is 122 Å². The molecule has 1 aromatic heterocycles. The van der Waals surface area contributed by atoms with Gasteiger partial charge in [-0.15, -0.1) is 11.3 Å². The van der Waals surface area contributed by atoms with Crippen LogP contribution in [0.15, 0.2) is 36.4 Å². The van der Waals surface area contributed by atoms with Crippen LogP contribution >= 0.6 is 22.9 Å². The van der Waals surface area contributed by atoms with Gasteiger partial charge in [0.1, 0.15) is 5.84 Å². The summed E-state index contributed by atoms with van der Waals surface area (Å²) in [4.78, 5) is 3.46. The Kier molecular flexibility index (Phi) is 4.58. The second-order valence-electron chi connectivity index (χ2n) is 4.49. The van der Waals surface area contributed by atoms with Gasteiger partial charge >= 0.3 is 0 Å². The topological polar surface area (TPSA) is 53.1 Å². The summed E-state index contributed by atoms with van der Waals surface area (Å²) < 4.78 is 0.821. The van der Waals surface area contributed by atoms with Gasteiger partial charge in [-0.1, -0.05) is 29.8 Å². The monoisotopic (exact) mass is 293 g/mol. The summed E-state index contributed by atoms with van der Waals surface area (Å²) in [5, 5.41) is 7.45. The van der Waals surface area contributed by atoms with Crippen molar-refractivity contribution in [2.24, 2.45) is 5.73 Å². The number of amidine groups is 1. The van der Waals surface area contributed by atoms with Gasteiger partial charge in [0.05, 0.1) is 4.34 Å². The van der Waals surface area contributed by atoms with Crippen LogP contribution in [0.1, 0.15) is 16.0 Å². The minimum atomic E-state index is 0.106. The van der Waals surface area contributed by atoms with E-state index in [1.807, 2.05) is 30.3 Å². The summed E-state index contributed by atoms with van der Waals surface area (Å²) in [6.45, 7) is 1.68. The molecule has 0 aliphatic carbocycles. The quantitative estimate of drug-likeness (QED) is 0.656. The number of hydrogen-bond donors (Lipinski definition) is 2. The van der Waals surface area contributed by atoms with Crippen LogP contribution in [0.4, 0.5) is 0 Å². The van der Waals surface area contributed by atoms with E-state index >= 15 is 0 Å². The van der Waals surface area contributed by atoms with Gasteiger partial charge in [-0.05, 0) is 30.8 Å². The molecule has 0 fully saturated rings. The van der Waals surface area contributed by atoms with Crippen molar-refractivity contribution in [2.75, 3.05) is 7.05 Å². The molecule has 1 aromatic carbocycles. The summed E-state index contributed by atoms with van der Waals surface area (Å²) in [6.07, 6.45) is 0. The molecule has 100 valence electrons. The molecular formula is C14H16ClN3S. The predicted octanol–water partition coefficient (Wildman–Crippen LogP) is 3.32. The lowest BCUT2D eigenvalue weighted by Crippen LogP contribution is -2.17. The summed E-state index contributed by atoms with van der Waals surface area (Å²) in [5.41, 5.74) is 7.42. The first kappa shape index (κ1) is 14.1. The lowest BCUT2D eigenvalue weighted by molar-refractivity contribution is 0.322. The number of thiophene rings is 1. The molecule has 3 N–H and O–H groups in total. The number of nitrogens with two attached hydrogens (primary N) is 1. The molecular weight excluding hydrogens is 278 g/mol. The average molecular weight is 294 g/mol. The van der Waals surface area contributed by atoms with E-state index in [4.69, 9.17) is 22.7 Å². The Hall–Kier alpha value is -1.36. The molecule has 0 unspecified atom stereocenters. The lowest BCUT2D eigenvalue weighted by Gasteiger charge is -2.16. The molecule has 0 saturated carbocycles. The van der Waals surface area contributed by atoms with Crippen LogP contribution in [0.25, 0.3) is 0 Å². The Morgan fingerprint density at radius 2 is 2.11 bits per heavy atom. The highest BCUT2D eigenvalue weighted by atomic mass is 35.5. The molecule has 0 amide bonds. The van der Waals surface area contributed by atoms with Crippen molar-refractivity contribution in [1.82, 2.24) is 4.90 Å². The second-order valence-corrected chi connectivity index (χ2v) is 6.29. The van der Waals surface area contributed by atoms with Crippen molar-refractivity contribution in [3.63, 3.8) is 0 Å². The van der Waals surface area contributed by atoms with Crippen molar-refractivity contribution in [3.05, 3.63) is 56.7 Å². The number of hydrogen-bond acceptors (Lipinski definition) is 3. The number of halogens is 1. The Morgan fingerprint density at radius 3 is 2.74 bits per heavy atom. The molecule has 3 nitrogen and oxygen atoms in total. The average Bonchev–Trinajstić information content (AvgIpc) is 2.74. The van der Waals surface area contributed by atoms with Gasteiger partial charge in [0.2, 0.25) is 0 Å². The summed E-state index contributed by atoms with van der Waals surface area (Å²) in [7, 11) is 2.06. The van der Waals surface area contributed by atoms with E-state index in [0.717, 1.165) is 28.6 Å². The maximum Gasteiger partial charge on any atom is 0.122 e. The molecule has 0 aliphatic rings. The van der Waals surface area contributed by atoms with Crippen molar-refractivity contribution < 1.29 is 0 Å². The van der Waals surface area contributed by atoms with E-state index in [9.17, 15) is 0 Å². The third-order valence-electron chi connectivity index (χ3n) is 2.75. The van der Waals surface area contributed by atoms with Crippen LogP contribution in [0.2, 0.25) is 4.34 Å². The third kappa shape index (κ3) is 4.06. The second kappa shape index (κ2) is 6.19. The number of nitrogen functional groups attached to an aromatic ring is 1. The number of rotatable bonds is 5. The molecule has 2 rings (SSSR count). The van der Waals surface area contributed by atoms with E-state index in [1.165, 1.54) is 4.88 Å². The van der Waals surface area contributed by atoms with Crippen LogP contribution in [-0.2, 0) is 13.1 Å². The van der Waals surface area contributed by atoms with Crippen molar-refractivity contribution in [3.8, 4) is 0 Å². The highest BCUT2D eigenvalue weighted by Gasteiger charge is 2.05. The molecule has 0 radical (unpaired) electrons. The van der Waals surface area contributed by atoms with Gasteiger partial charge in [0.25, 0.3) is 0 Å².